The first-order valence-electron chi connectivity index (χ1n) is 17.9. The van der Waals surface area contributed by atoms with Gasteiger partial charge in [-0.2, -0.15) is 0 Å². The fraction of sp³-hybridized carbons (Fsp3) is 0.722. The Balaban J connectivity index is 1.27. The Morgan fingerprint density at radius 1 is 0.750 bits per heavy atom. The molecule has 0 bridgehead atoms. The van der Waals surface area contributed by atoms with Crippen molar-refractivity contribution in [3.8, 4) is 0 Å². The van der Waals surface area contributed by atoms with Crippen LogP contribution in [0.4, 0.5) is 0 Å². The molecule has 0 amide bonds. The number of aliphatic hydroxyl groups is 6. The van der Waals surface area contributed by atoms with E-state index in [9.17, 15) is 40.2 Å². The molecule has 5 aliphatic heterocycles. The molecule has 20 heteroatoms. The van der Waals surface area contributed by atoms with Gasteiger partial charge in [0.2, 0.25) is 12.6 Å². The molecule has 0 aromatic rings. The molecular formula is C36H52O20. The van der Waals surface area contributed by atoms with E-state index in [-0.39, 0.29) is 30.6 Å². The van der Waals surface area contributed by atoms with Gasteiger partial charge in [0.25, 0.3) is 0 Å². The summed E-state index contributed by atoms with van der Waals surface area (Å²) in [6.45, 7) is 6.89. The van der Waals surface area contributed by atoms with E-state index in [1.807, 2.05) is 0 Å². The summed E-state index contributed by atoms with van der Waals surface area (Å²) in [5, 5.41) is 63.1. The lowest BCUT2D eigenvalue weighted by Gasteiger charge is -2.48. The number of hydrogen-bond acceptors (Lipinski definition) is 20. The van der Waals surface area contributed by atoms with Gasteiger partial charge in [0, 0.05) is 50.7 Å². The largest absolute Gasteiger partial charge is 0.471 e. The second-order valence-electron chi connectivity index (χ2n) is 13.7. The first kappa shape index (κ1) is 44.1. The lowest BCUT2D eigenvalue weighted by atomic mass is 9.81. The molecular weight excluding hydrogens is 752 g/mol. The second-order valence-corrected chi connectivity index (χ2v) is 13.7. The summed E-state index contributed by atoms with van der Waals surface area (Å²) in [5.74, 6) is -4.40. The maximum atomic E-state index is 12.9. The van der Waals surface area contributed by atoms with Crippen LogP contribution in [0.1, 0.15) is 12.8 Å². The first-order chi connectivity index (χ1) is 26.8. The average Bonchev–Trinajstić information content (AvgIpc) is 3.21. The van der Waals surface area contributed by atoms with Gasteiger partial charge in [-0.3, -0.25) is 0 Å². The third-order valence-corrected chi connectivity index (χ3v) is 10.6. The monoisotopic (exact) mass is 804 g/mol. The molecule has 0 spiro atoms. The highest BCUT2D eigenvalue weighted by molar-refractivity contribution is 5.89. The number of ether oxygens (including phenoxy) is 12. The van der Waals surface area contributed by atoms with E-state index in [4.69, 9.17) is 56.8 Å². The van der Waals surface area contributed by atoms with Crippen molar-refractivity contribution in [3.05, 3.63) is 49.0 Å². The molecule has 5 rings (SSSR count). The summed E-state index contributed by atoms with van der Waals surface area (Å²) in [6, 6.07) is 0. The lowest BCUT2D eigenvalue weighted by molar-refractivity contribution is -0.380. The first-order valence-corrected chi connectivity index (χ1v) is 17.9. The SMILES string of the molecule is C=C[C@H]1[C@H](O[C@@H]2O[C@H](CO)[C@@H](O)[C@H](O)[C@H]2O)OC=C(C(=O)OC)[C@H]1C[C@@H]1OC[C@H]2O[C@@H](O[C@@H]3OC=C(C(=O)OC)[C@@H](CC(OC)OC)[C@H]3C=C)[C@H](O)[C@@H](O)[C@@H]2O1. The third-order valence-electron chi connectivity index (χ3n) is 10.6. The summed E-state index contributed by atoms with van der Waals surface area (Å²) >= 11 is 0. The summed E-state index contributed by atoms with van der Waals surface area (Å²) in [5.41, 5.74) is 0.227. The normalized spacial score (nSPS) is 41.2. The number of hydrogen-bond donors (Lipinski definition) is 6. The van der Waals surface area contributed by atoms with Gasteiger partial charge in [-0.05, 0) is 0 Å². The van der Waals surface area contributed by atoms with Crippen LogP contribution in [0.5, 0.6) is 0 Å². The van der Waals surface area contributed by atoms with Crippen LogP contribution in [0.2, 0.25) is 0 Å². The van der Waals surface area contributed by atoms with Gasteiger partial charge in [0.1, 0.15) is 48.8 Å². The molecule has 0 saturated carbocycles. The third kappa shape index (κ3) is 9.13. The number of fused-ring (bicyclic) bond motifs is 1. The van der Waals surface area contributed by atoms with Crippen LogP contribution in [-0.2, 0) is 66.4 Å². The Morgan fingerprint density at radius 3 is 1.82 bits per heavy atom. The molecule has 5 aliphatic rings. The van der Waals surface area contributed by atoms with Gasteiger partial charge < -0.3 is 87.5 Å². The molecule has 20 nitrogen and oxygen atoms in total. The van der Waals surface area contributed by atoms with Crippen LogP contribution < -0.4 is 0 Å². The molecule has 0 unspecified atom stereocenters. The highest BCUT2D eigenvalue weighted by Gasteiger charge is 2.53. The molecule has 0 aromatic heterocycles. The number of rotatable bonds is 15. The van der Waals surface area contributed by atoms with Gasteiger partial charge in [-0.25, -0.2) is 9.59 Å². The minimum Gasteiger partial charge on any atom is -0.471 e. The molecule has 3 saturated heterocycles. The predicted molar refractivity (Wildman–Crippen MR) is 183 cm³/mol. The fourth-order valence-corrected chi connectivity index (χ4v) is 7.44. The van der Waals surface area contributed by atoms with Gasteiger partial charge in [-0.1, -0.05) is 12.2 Å². The second kappa shape index (κ2) is 19.6. The lowest BCUT2D eigenvalue weighted by Crippen LogP contribution is -2.64. The van der Waals surface area contributed by atoms with Crippen LogP contribution in [0.3, 0.4) is 0 Å². The highest BCUT2D eigenvalue weighted by atomic mass is 16.8. The quantitative estimate of drug-likeness (QED) is 0.0598. The molecule has 316 valence electrons. The Kier molecular flexibility index (Phi) is 15.4. The van der Waals surface area contributed by atoms with Gasteiger partial charge in [0.15, 0.2) is 25.2 Å². The van der Waals surface area contributed by atoms with Gasteiger partial charge in [-0.15, -0.1) is 13.2 Å². The number of aliphatic hydroxyl groups excluding tert-OH is 6. The minimum atomic E-state index is -1.73. The Labute approximate surface area is 322 Å². The maximum Gasteiger partial charge on any atom is 0.337 e. The van der Waals surface area contributed by atoms with Gasteiger partial charge in [0.05, 0.1) is 51.1 Å². The number of methoxy groups -OCH3 is 4. The highest BCUT2D eigenvalue weighted by Crippen LogP contribution is 2.42. The molecule has 3 fully saturated rings. The summed E-state index contributed by atoms with van der Waals surface area (Å²) in [7, 11) is 5.30. The topological polar surface area (TPSA) is 266 Å². The number of esters is 2. The maximum absolute atomic E-state index is 12.9. The Hall–Kier alpha value is -3.06. The van der Waals surface area contributed by atoms with Gasteiger partial charge >= 0.3 is 11.9 Å². The fourth-order valence-electron chi connectivity index (χ4n) is 7.44. The van der Waals surface area contributed by atoms with Crippen molar-refractivity contribution in [2.45, 2.75) is 99.4 Å². The molecule has 5 heterocycles. The van der Waals surface area contributed by atoms with Crippen LogP contribution in [0, 0.1) is 23.7 Å². The van der Waals surface area contributed by atoms with E-state index in [1.165, 1.54) is 46.9 Å². The van der Waals surface area contributed by atoms with Crippen LogP contribution in [-0.4, -0.2) is 171 Å². The Bertz CT molecular complexity index is 1410. The minimum absolute atomic E-state index is 0.0450. The Morgan fingerprint density at radius 2 is 1.29 bits per heavy atom. The van der Waals surface area contributed by atoms with Crippen molar-refractivity contribution in [2.75, 3.05) is 41.7 Å². The smallest absolute Gasteiger partial charge is 0.337 e. The van der Waals surface area contributed by atoms with Crippen LogP contribution in [0.25, 0.3) is 0 Å². The molecule has 17 atom stereocenters. The van der Waals surface area contributed by atoms with Crippen molar-refractivity contribution in [1.82, 2.24) is 0 Å². The molecule has 6 N–H and O–H groups in total. The van der Waals surface area contributed by atoms with E-state index in [0.29, 0.717) is 0 Å². The standard InChI is InChI=1S/C36H52O20/c1-7-15-17(9-23(45-3)46-4)19(31(43)47-5)12-50-33(15)56-36-29(42)27(40)30-22(53-36)14-49-24(54-30)10-18-16(8-2)34(51-13-20(18)32(44)48-6)55-35-28(41)26(39)25(38)21(11-37)52-35/h7-8,12-13,15-18,21-30,33-42H,1-2,9-11,14H2,3-6H3/t15-,16-,17+,18+,21-,22-,24-,25-,26+,27-,28-,29-,30-,33+,34+,35+,36+/m1/s1. The van der Waals surface area contributed by atoms with Crippen molar-refractivity contribution < 1.29 is 97.1 Å². The van der Waals surface area contributed by atoms with E-state index >= 15 is 0 Å². The number of carbonyl (C=O) groups excluding carboxylic acids is 2. The summed E-state index contributed by atoms with van der Waals surface area (Å²) in [4.78, 5) is 25.5. The zero-order valence-corrected chi connectivity index (χ0v) is 31.3. The molecule has 0 aliphatic carbocycles. The van der Waals surface area contributed by atoms with E-state index in [0.717, 1.165) is 6.26 Å². The number of carbonyl (C=O) groups is 2. The van der Waals surface area contributed by atoms with E-state index in [1.54, 1.807) is 0 Å². The van der Waals surface area contributed by atoms with E-state index in [2.05, 4.69) is 13.2 Å². The summed E-state index contributed by atoms with van der Waals surface area (Å²) in [6.07, 6.45) is -13.5. The summed E-state index contributed by atoms with van der Waals surface area (Å²) < 4.78 is 67.6. The van der Waals surface area contributed by atoms with Crippen LogP contribution in [0.15, 0.2) is 49.0 Å². The molecule has 56 heavy (non-hydrogen) atoms. The van der Waals surface area contributed by atoms with Crippen molar-refractivity contribution in [2.24, 2.45) is 23.7 Å². The van der Waals surface area contributed by atoms with Crippen LogP contribution >= 0.6 is 0 Å². The van der Waals surface area contributed by atoms with Crippen molar-refractivity contribution in [3.63, 3.8) is 0 Å². The predicted octanol–water partition coefficient (Wildman–Crippen LogP) is -1.93. The van der Waals surface area contributed by atoms with E-state index < -0.39 is 129 Å². The zero-order valence-electron chi connectivity index (χ0n) is 31.3. The van der Waals surface area contributed by atoms with Crippen molar-refractivity contribution >= 4 is 11.9 Å². The zero-order chi connectivity index (χ0) is 40.8. The molecule has 0 aromatic carbocycles. The average molecular weight is 805 g/mol. The molecule has 0 radical (unpaired) electrons. The van der Waals surface area contributed by atoms with Crippen molar-refractivity contribution in [1.29, 1.82) is 0 Å².